The lowest BCUT2D eigenvalue weighted by atomic mass is 10.3. The standard InChI is InChI=1S/C8H12N2O2S/c1-2-3-4-9-7(11)6-5-13-10-8(6)12/h5H,2-4H2,1H3,(H,9,11)(H,10,12). The van der Waals surface area contributed by atoms with Crippen molar-refractivity contribution in [2.75, 3.05) is 6.54 Å². The number of hydrogen-bond donors (Lipinski definition) is 2. The molecule has 0 saturated carbocycles. The van der Waals surface area contributed by atoms with E-state index in [1.165, 1.54) is 5.38 Å². The highest BCUT2D eigenvalue weighted by Gasteiger charge is 2.09. The molecule has 0 bridgehead atoms. The lowest BCUT2D eigenvalue weighted by molar-refractivity contribution is 0.0952. The number of H-pyrrole nitrogens is 1. The third-order valence-electron chi connectivity index (χ3n) is 1.63. The molecule has 13 heavy (non-hydrogen) atoms. The smallest absolute Gasteiger partial charge is 0.270 e. The van der Waals surface area contributed by atoms with Crippen LogP contribution < -0.4 is 10.9 Å². The summed E-state index contributed by atoms with van der Waals surface area (Å²) in [5, 5.41) is 4.21. The van der Waals surface area contributed by atoms with Crippen LogP contribution in [-0.4, -0.2) is 16.8 Å². The van der Waals surface area contributed by atoms with Crippen LogP contribution in [0.5, 0.6) is 0 Å². The summed E-state index contributed by atoms with van der Waals surface area (Å²) in [6.07, 6.45) is 1.97. The first kappa shape index (κ1) is 9.98. The summed E-state index contributed by atoms with van der Waals surface area (Å²) in [5.41, 5.74) is -0.0971. The molecule has 1 amide bonds. The molecule has 72 valence electrons. The van der Waals surface area contributed by atoms with Gasteiger partial charge in [-0.1, -0.05) is 24.9 Å². The summed E-state index contributed by atoms with van der Waals surface area (Å²) in [5.74, 6) is -0.282. The number of amides is 1. The van der Waals surface area contributed by atoms with Crippen molar-refractivity contribution in [2.24, 2.45) is 0 Å². The largest absolute Gasteiger partial charge is 0.352 e. The molecule has 0 atom stereocenters. The minimum Gasteiger partial charge on any atom is -0.352 e. The molecule has 0 aliphatic carbocycles. The number of aromatic amines is 1. The second kappa shape index (κ2) is 4.81. The third kappa shape index (κ3) is 2.69. The predicted octanol–water partition coefficient (Wildman–Crippen LogP) is 0.966. The maximum absolute atomic E-state index is 11.3. The average Bonchev–Trinajstić information content (AvgIpc) is 2.52. The molecule has 5 heteroatoms. The van der Waals surface area contributed by atoms with E-state index in [1.807, 2.05) is 6.92 Å². The highest BCUT2D eigenvalue weighted by atomic mass is 32.1. The van der Waals surface area contributed by atoms with Gasteiger partial charge in [-0.2, -0.15) is 0 Å². The van der Waals surface area contributed by atoms with Crippen LogP contribution in [0.4, 0.5) is 0 Å². The van der Waals surface area contributed by atoms with E-state index < -0.39 is 0 Å². The van der Waals surface area contributed by atoms with Gasteiger partial charge in [-0.3, -0.25) is 14.0 Å². The van der Waals surface area contributed by atoms with Crippen molar-refractivity contribution in [3.8, 4) is 0 Å². The first-order valence-corrected chi connectivity index (χ1v) is 5.08. The van der Waals surface area contributed by atoms with Crippen molar-refractivity contribution in [3.63, 3.8) is 0 Å². The van der Waals surface area contributed by atoms with Gasteiger partial charge in [0.1, 0.15) is 5.56 Å². The van der Waals surface area contributed by atoms with Crippen molar-refractivity contribution < 1.29 is 4.79 Å². The Morgan fingerprint density at radius 2 is 2.46 bits per heavy atom. The highest BCUT2D eigenvalue weighted by molar-refractivity contribution is 7.03. The molecular weight excluding hydrogens is 188 g/mol. The highest BCUT2D eigenvalue weighted by Crippen LogP contribution is 1.94. The quantitative estimate of drug-likeness (QED) is 0.711. The molecule has 2 N–H and O–H groups in total. The van der Waals surface area contributed by atoms with Crippen LogP contribution in [0.3, 0.4) is 0 Å². The van der Waals surface area contributed by atoms with Gasteiger partial charge >= 0.3 is 0 Å². The minimum atomic E-state index is -0.306. The Balaban J connectivity index is 2.50. The molecule has 1 rings (SSSR count). The van der Waals surface area contributed by atoms with Crippen LogP contribution in [0.2, 0.25) is 0 Å². The molecular formula is C8H12N2O2S. The molecule has 4 nitrogen and oxygen atoms in total. The Labute approximate surface area is 80.1 Å². The van der Waals surface area contributed by atoms with Crippen LogP contribution in [0.25, 0.3) is 0 Å². The average molecular weight is 200 g/mol. The maximum atomic E-state index is 11.3. The van der Waals surface area contributed by atoms with Gasteiger partial charge in [-0.05, 0) is 6.42 Å². The van der Waals surface area contributed by atoms with Gasteiger partial charge in [0.2, 0.25) is 0 Å². The Hall–Kier alpha value is -1.10. The molecule has 1 aromatic heterocycles. The van der Waals surface area contributed by atoms with Gasteiger partial charge < -0.3 is 5.32 Å². The fraction of sp³-hybridized carbons (Fsp3) is 0.500. The molecule has 0 aromatic carbocycles. The van der Waals surface area contributed by atoms with Gasteiger partial charge in [0.05, 0.1) is 0 Å². The van der Waals surface area contributed by atoms with E-state index in [4.69, 9.17) is 0 Å². The van der Waals surface area contributed by atoms with Crippen LogP contribution >= 0.6 is 11.5 Å². The van der Waals surface area contributed by atoms with E-state index in [9.17, 15) is 9.59 Å². The van der Waals surface area contributed by atoms with E-state index in [0.29, 0.717) is 6.54 Å². The van der Waals surface area contributed by atoms with E-state index in [-0.39, 0.29) is 17.0 Å². The fourth-order valence-corrected chi connectivity index (χ4v) is 1.49. The SMILES string of the molecule is CCCCNC(=O)c1cs[nH]c1=O. The Kier molecular flexibility index (Phi) is 3.70. The van der Waals surface area contributed by atoms with Crippen molar-refractivity contribution in [1.82, 2.24) is 9.69 Å². The second-order valence-corrected chi connectivity index (χ2v) is 3.37. The van der Waals surface area contributed by atoms with E-state index in [1.54, 1.807) is 0 Å². The van der Waals surface area contributed by atoms with Crippen LogP contribution in [0, 0.1) is 0 Å². The summed E-state index contributed by atoms with van der Waals surface area (Å²) in [4.78, 5) is 22.3. The first-order valence-electron chi connectivity index (χ1n) is 4.20. The molecule has 0 aliphatic rings. The number of carbonyl (C=O) groups excluding carboxylic acids is 1. The van der Waals surface area contributed by atoms with Crippen LogP contribution in [-0.2, 0) is 0 Å². The molecule has 0 unspecified atom stereocenters. The Morgan fingerprint density at radius 3 is 3.00 bits per heavy atom. The van der Waals surface area contributed by atoms with E-state index in [2.05, 4.69) is 9.69 Å². The molecule has 0 spiro atoms. The van der Waals surface area contributed by atoms with Gasteiger partial charge in [-0.25, -0.2) is 0 Å². The lowest BCUT2D eigenvalue weighted by Crippen LogP contribution is -2.28. The molecule has 0 radical (unpaired) electrons. The van der Waals surface area contributed by atoms with Crippen LogP contribution in [0.15, 0.2) is 10.2 Å². The fourth-order valence-electron chi connectivity index (χ4n) is 0.881. The molecule has 1 aromatic rings. The van der Waals surface area contributed by atoms with E-state index in [0.717, 1.165) is 24.4 Å². The monoisotopic (exact) mass is 200 g/mol. The zero-order chi connectivity index (χ0) is 9.68. The van der Waals surface area contributed by atoms with Gasteiger partial charge in [-0.15, -0.1) is 0 Å². The van der Waals surface area contributed by atoms with Gasteiger partial charge in [0.25, 0.3) is 11.5 Å². The van der Waals surface area contributed by atoms with Crippen molar-refractivity contribution in [2.45, 2.75) is 19.8 Å². The molecule has 0 fully saturated rings. The Morgan fingerprint density at radius 1 is 1.69 bits per heavy atom. The zero-order valence-corrected chi connectivity index (χ0v) is 8.24. The Bertz CT molecular complexity index is 329. The van der Waals surface area contributed by atoms with Crippen molar-refractivity contribution >= 4 is 17.4 Å². The van der Waals surface area contributed by atoms with Crippen molar-refractivity contribution in [1.29, 1.82) is 0 Å². The molecule has 1 heterocycles. The lowest BCUT2D eigenvalue weighted by Gasteiger charge is -1.99. The number of nitrogens with one attached hydrogen (secondary N) is 2. The second-order valence-electron chi connectivity index (χ2n) is 2.69. The van der Waals surface area contributed by atoms with Gasteiger partial charge in [0.15, 0.2) is 0 Å². The van der Waals surface area contributed by atoms with Crippen LogP contribution in [0.1, 0.15) is 30.1 Å². The molecule has 0 aliphatic heterocycles. The number of unbranched alkanes of at least 4 members (excludes halogenated alkanes) is 1. The summed E-state index contributed by atoms with van der Waals surface area (Å²) >= 11 is 1.14. The topological polar surface area (TPSA) is 62.0 Å². The summed E-state index contributed by atoms with van der Waals surface area (Å²) < 4.78 is 2.47. The number of carbonyl (C=O) groups is 1. The predicted molar refractivity (Wildman–Crippen MR) is 52.2 cm³/mol. The maximum Gasteiger partial charge on any atom is 0.270 e. The zero-order valence-electron chi connectivity index (χ0n) is 7.42. The van der Waals surface area contributed by atoms with Gasteiger partial charge in [0, 0.05) is 11.9 Å². The summed E-state index contributed by atoms with van der Waals surface area (Å²) in [6.45, 7) is 2.67. The first-order chi connectivity index (χ1) is 6.25. The van der Waals surface area contributed by atoms with Crippen molar-refractivity contribution in [3.05, 3.63) is 21.3 Å². The van der Waals surface area contributed by atoms with E-state index >= 15 is 0 Å². The third-order valence-corrected chi connectivity index (χ3v) is 2.29. The summed E-state index contributed by atoms with van der Waals surface area (Å²) in [6, 6.07) is 0. The summed E-state index contributed by atoms with van der Waals surface area (Å²) in [7, 11) is 0. The normalized spacial score (nSPS) is 9.92. The number of rotatable bonds is 4. The number of hydrogen-bond acceptors (Lipinski definition) is 3. The molecule has 0 saturated heterocycles. The minimum absolute atomic E-state index is 0.209. The number of aromatic nitrogens is 1.